The minimum atomic E-state index is -4.52. The summed E-state index contributed by atoms with van der Waals surface area (Å²) < 4.78 is 44.4. The second kappa shape index (κ2) is 11.0. The maximum atomic E-state index is 13.0. The lowest BCUT2D eigenvalue weighted by Crippen LogP contribution is -2.28. The predicted octanol–water partition coefficient (Wildman–Crippen LogP) is 7.09. The number of halogens is 4. The van der Waals surface area contributed by atoms with Crippen molar-refractivity contribution in [1.29, 1.82) is 0 Å². The van der Waals surface area contributed by atoms with Gasteiger partial charge in [0.1, 0.15) is 5.75 Å². The van der Waals surface area contributed by atoms with Crippen LogP contribution >= 0.6 is 35.6 Å². The number of carbonyl (C=O) groups is 2. The minimum absolute atomic E-state index is 0.00659. The Morgan fingerprint density at radius 1 is 1.14 bits per heavy atom. The lowest BCUT2D eigenvalue weighted by molar-refractivity contribution is -0.137. The Bertz CT molecular complexity index is 1430. The van der Waals surface area contributed by atoms with Gasteiger partial charge in [-0.05, 0) is 60.5 Å². The highest BCUT2D eigenvalue weighted by Gasteiger charge is 2.34. The van der Waals surface area contributed by atoms with E-state index in [0.29, 0.717) is 14.8 Å². The Morgan fingerprint density at radius 2 is 1.89 bits per heavy atom. The highest BCUT2D eigenvalue weighted by Crippen LogP contribution is 2.38. The summed E-state index contributed by atoms with van der Waals surface area (Å²) in [7, 11) is 0. The molecule has 0 spiro atoms. The third-order valence-corrected chi connectivity index (χ3v) is 6.83. The summed E-state index contributed by atoms with van der Waals surface area (Å²) in [6.07, 6.45) is -2.86. The van der Waals surface area contributed by atoms with E-state index in [0.717, 1.165) is 23.4 Å². The number of alkyl halides is 3. The molecule has 0 aliphatic carbocycles. The smallest absolute Gasteiger partial charge is 0.416 e. The number of nitrogens with one attached hydrogen (secondary N) is 1. The van der Waals surface area contributed by atoms with Crippen LogP contribution in [0.1, 0.15) is 16.7 Å². The van der Waals surface area contributed by atoms with Gasteiger partial charge < -0.3 is 10.1 Å². The first kappa shape index (κ1) is 26.7. The van der Waals surface area contributed by atoms with Crippen LogP contribution in [-0.2, 0) is 15.8 Å². The number of hydrogen-bond acceptors (Lipinski definition) is 5. The molecule has 3 aromatic carbocycles. The van der Waals surface area contributed by atoms with Crippen molar-refractivity contribution in [1.82, 2.24) is 0 Å². The van der Waals surface area contributed by atoms with Gasteiger partial charge in [-0.1, -0.05) is 65.9 Å². The predicted molar refractivity (Wildman–Crippen MR) is 144 cm³/mol. The normalized spacial score (nSPS) is 14.8. The van der Waals surface area contributed by atoms with E-state index in [9.17, 15) is 22.8 Å². The summed E-state index contributed by atoms with van der Waals surface area (Å²) >= 11 is 12.9. The second-order valence-corrected chi connectivity index (χ2v) is 9.99. The quantitative estimate of drug-likeness (QED) is 0.257. The average molecular weight is 563 g/mol. The van der Waals surface area contributed by atoms with Gasteiger partial charge in [0.25, 0.3) is 11.8 Å². The fraction of sp³-hybridized carbons (Fsp3) is 0.115. The zero-order valence-electron chi connectivity index (χ0n) is 19.1. The fourth-order valence-corrected chi connectivity index (χ4v) is 5.01. The van der Waals surface area contributed by atoms with E-state index in [1.54, 1.807) is 18.2 Å². The van der Waals surface area contributed by atoms with Gasteiger partial charge >= 0.3 is 6.18 Å². The number of aryl methyl sites for hydroxylation is 1. The summed E-state index contributed by atoms with van der Waals surface area (Å²) in [4.78, 5) is 27.1. The number of benzene rings is 3. The number of amides is 2. The van der Waals surface area contributed by atoms with E-state index in [4.69, 9.17) is 28.6 Å². The number of rotatable bonds is 6. The van der Waals surface area contributed by atoms with Gasteiger partial charge in [-0.3, -0.25) is 14.5 Å². The standard InChI is InChI=1S/C26H18ClF3N2O3S2/c1-15-5-2-3-8-20(15)32-24(34)22(37-25(32)36)12-16-9-10-21(19(27)11-16)35-14-23(33)31-18-7-4-6-17(13-18)26(28,29)30/h2-13H,14H2,1H3,(H,31,33)/b22-12-. The maximum absolute atomic E-state index is 13.0. The Hall–Kier alpha value is -3.34. The van der Waals surface area contributed by atoms with Crippen molar-refractivity contribution in [2.45, 2.75) is 13.1 Å². The fourth-order valence-electron chi connectivity index (χ4n) is 3.48. The molecule has 2 amide bonds. The molecule has 1 saturated heterocycles. The summed E-state index contributed by atoms with van der Waals surface area (Å²) in [6, 6.07) is 16.5. The summed E-state index contributed by atoms with van der Waals surface area (Å²) in [5, 5.41) is 2.55. The van der Waals surface area contributed by atoms with E-state index in [-0.39, 0.29) is 22.4 Å². The molecule has 1 heterocycles. The number of thioether (sulfide) groups is 1. The van der Waals surface area contributed by atoms with Crippen molar-refractivity contribution in [3.63, 3.8) is 0 Å². The summed E-state index contributed by atoms with van der Waals surface area (Å²) in [5.41, 5.74) is 1.38. The van der Waals surface area contributed by atoms with Crippen LogP contribution in [0, 0.1) is 6.92 Å². The first-order valence-corrected chi connectivity index (χ1v) is 12.4. The molecular weight excluding hydrogens is 545 g/mol. The van der Waals surface area contributed by atoms with Crippen molar-refractivity contribution >= 4 is 69.2 Å². The highest BCUT2D eigenvalue weighted by atomic mass is 35.5. The number of thiocarbonyl (C=S) groups is 1. The van der Waals surface area contributed by atoms with Crippen molar-refractivity contribution in [2.75, 3.05) is 16.8 Å². The average Bonchev–Trinajstić information content (AvgIpc) is 3.11. The first-order chi connectivity index (χ1) is 17.5. The molecule has 1 fully saturated rings. The Labute approximate surface area is 225 Å². The molecule has 0 radical (unpaired) electrons. The number of carbonyl (C=O) groups excluding carboxylic acids is 2. The van der Waals surface area contributed by atoms with Gasteiger partial charge in [0.05, 0.1) is 21.2 Å². The summed E-state index contributed by atoms with van der Waals surface area (Å²) in [6.45, 7) is 1.43. The van der Waals surface area contributed by atoms with Gasteiger partial charge in [-0.15, -0.1) is 0 Å². The van der Waals surface area contributed by atoms with E-state index in [1.807, 2.05) is 31.2 Å². The van der Waals surface area contributed by atoms with Crippen LogP contribution in [0.5, 0.6) is 5.75 Å². The number of anilines is 2. The van der Waals surface area contributed by atoms with Crippen molar-refractivity contribution in [3.8, 4) is 5.75 Å². The van der Waals surface area contributed by atoms with Crippen molar-refractivity contribution < 1.29 is 27.5 Å². The lowest BCUT2D eigenvalue weighted by atomic mass is 10.1. The molecular formula is C26H18ClF3N2O3S2. The van der Waals surface area contributed by atoms with Gasteiger partial charge in [-0.2, -0.15) is 13.2 Å². The van der Waals surface area contributed by atoms with Gasteiger partial charge in [-0.25, -0.2) is 0 Å². The third-order valence-electron chi connectivity index (χ3n) is 5.24. The molecule has 3 aromatic rings. The molecule has 0 atom stereocenters. The van der Waals surface area contributed by atoms with E-state index in [2.05, 4.69) is 5.32 Å². The van der Waals surface area contributed by atoms with E-state index >= 15 is 0 Å². The SMILES string of the molecule is Cc1ccccc1N1C(=O)/C(=C/c2ccc(OCC(=O)Nc3cccc(C(F)(F)F)c3)c(Cl)c2)SC1=S. The molecule has 5 nitrogen and oxygen atoms in total. The molecule has 11 heteroatoms. The zero-order valence-corrected chi connectivity index (χ0v) is 21.5. The molecule has 1 N–H and O–H groups in total. The molecule has 190 valence electrons. The van der Waals surface area contributed by atoms with E-state index in [1.165, 1.54) is 34.9 Å². The van der Waals surface area contributed by atoms with Crippen LogP contribution in [0.4, 0.5) is 24.5 Å². The molecule has 1 aliphatic rings. The molecule has 0 unspecified atom stereocenters. The van der Waals surface area contributed by atoms with Crippen LogP contribution < -0.4 is 15.0 Å². The largest absolute Gasteiger partial charge is 0.482 e. The second-order valence-electron chi connectivity index (χ2n) is 7.91. The minimum Gasteiger partial charge on any atom is -0.482 e. The van der Waals surface area contributed by atoms with Crippen LogP contribution in [0.2, 0.25) is 5.02 Å². The van der Waals surface area contributed by atoms with Crippen LogP contribution in [0.25, 0.3) is 6.08 Å². The molecule has 0 bridgehead atoms. The Kier molecular flexibility index (Phi) is 7.91. The summed E-state index contributed by atoms with van der Waals surface area (Å²) in [5.74, 6) is -0.697. The lowest BCUT2D eigenvalue weighted by Gasteiger charge is -2.16. The Morgan fingerprint density at radius 3 is 2.59 bits per heavy atom. The number of para-hydroxylation sites is 1. The van der Waals surface area contributed by atoms with Crippen LogP contribution in [0.3, 0.4) is 0 Å². The highest BCUT2D eigenvalue weighted by molar-refractivity contribution is 8.27. The van der Waals surface area contributed by atoms with Gasteiger partial charge in [0, 0.05) is 5.69 Å². The third kappa shape index (κ3) is 6.33. The molecule has 0 aromatic heterocycles. The van der Waals surface area contributed by atoms with Crippen LogP contribution in [0.15, 0.2) is 71.6 Å². The first-order valence-electron chi connectivity index (χ1n) is 10.8. The molecule has 1 aliphatic heterocycles. The molecule has 4 rings (SSSR count). The topological polar surface area (TPSA) is 58.6 Å². The van der Waals surface area contributed by atoms with Crippen LogP contribution in [-0.4, -0.2) is 22.7 Å². The van der Waals surface area contributed by atoms with Gasteiger partial charge in [0.15, 0.2) is 10.9 Å². The van der Waals surface area contributed by atoms with Gasteiger partial charge in [0.2, 0.25) is 0 Å². The number of ether oxygens (including phenoxy) is 1. The van der Waals surface area contributed by atoms with Crippen molar-refractivity contribution in [2.24, 2.45) is 0 Å². The monoisotopic (exact) mass is 562 g/mol. The molecule has 0 saturated carbocycles. The number of hydrogen-bond donors (Lipinski definition) is 1. The zero-order chi connectivity index (χ0) is 26.7. The van der Waals surface area contributed by atoms with E-state index < -0.39 is 24.3 Å². The van der Waals surface area contributed by atoms with Crippen molar-refractivity contribution in [3.05, 3.63) is 93.3 Å². The number of nitrogens with zero attached hydrogens (tertiary/aromatic N) is 1. The molecule has 37 heavy (non-hydrogen) atoms. The Balaban J connectivity index is 1.41. The maximum Gasteiger partial charge on any atom is 0.416 e.